The molecule has 5 rings (SSSR count). The molecule has 4 aromatic rings. The molecule has 0 saturated heterocycles. The first-order valence-electron chi connectivity index (χ1n) is 18.5. The van der Waals surface area contributed by atoms with Gasteiger partial charge in [0.05, 0.1) is 0 Å². The molecule has 0 heterocycles. The zero-order valence-electron chi connectivity index (χ0n) is 29.7. The van der Waals surface area contributed by atoms with Crippen LogP contribution < -0.4 is 21.2 Å². The molecule has 0 fully saturated rings. The predicted molar refractivity (Wildman–Crippen MR) is 223 cm³/mol. The molecule has 2 heteroatoms. The van der Waals surface area contributed by atoms with Crippen LogP contribution in [-0.2, 0) is 0 Å². The van der Waals surface area contributed by atoms with Crippen molar-refractivity contribution >= 4 is 35.7 Å². The van der Waals surface area contributed by atoms with Gasteiger partial charge in [-0.25, -0.2) is 0 Å². The Morgan fingerprint density at radius 2 is 1.04 bits per heavy atom. The second kappa shape index (κ2) is 18.5. The fourth-order valence-electron chi connectivity index (χ4n) is 8.02. The van der Waals surface area contributed by atoms with Crippen molar-refractivity contribution in [3.8, 4) is 0 Å². The van der Waals surface area contributed by atoms with Gasteiger partial charge < -0.3 is 0 Å². The van der Waals surface area contributed by atoms with Crippen LogP contribution >= 0.6 is 14.5 Å². The first kappa shape index (κ1) is 36.0. The Labute approximate surface area is 293 Å². The molecular formula is C46H58P2. The number of rotatable bonds is 17. The summed E-state index contributed by atoms with van der Waals surface area (Å²) in [6.07, 6.45) is 27.3. The van der Waals surface area contributed by atoms with E-state index in [0.717, 1.165) is 6.42 Å². The van der Waals surface area contributed by atoms with Crippen LogP contribution in [0, 0.1) is 5.92 Å². The van der Waals surface area contributed by atoms with E-state index in [1.807, 2.05) is 0 Å². The van der Waals surface area contributed by atoms with E-state index in [1.54, 1.807) is 15.9 Å². The van der Waals surface area contributed by atoms with E-state index in [1.165, 1.54) is 73.2 Å². The van der Waals surface area contributed by atoms with Crippen molar-refractivity contribution in [3.05, 3.63) is 168 Å². The second-order valence-electron chi connectivity index (χ2n) is 13.9. The van der Waals surface area contributed by atoms with Gasteiger partial charge in [0, 0.05) is 0 Å². The summed E-state index contributed by atoms with van der Waals surface area (Å²) in [5, 5.41) is 9.36. The Kier molecular flexibility index (Phi) is 13.8. The maximum atomic E-state index is 2.58. The van der Waals surface area contributed by atoms with E-state index in [0.29, 0.717) is 5.92 Å². The molecule has 1 atom stereocenters. The summed E-state index contributed by atoms with van der Waals surface area (Å²) in [6.45, 7) is 6.88. The summed E-state index contributed by atoms with van der Waals surface area (Å²) in [7, 11) is -4.17. The molecule has 0 amide bonds. The third kappa shape index (κ3) is 8.64. The molecule has 0 N–H and O–H groups in total. The normalized spacial score (nSPS) is 16.2. The first-order chi connectivity index (χ1) is 23.6. The molecule has 0 nitrogen and oxygen atoms in total. The first-order valence-corrected chi connectivity index (χ1v) is 22.9. The van der Waals surface area contributed by atoms with Crippen LogP contribution in [0.15, 0.2) is 168 Å². The molecule has 0 aliphatic heterocycles. The van der Waals surface area contributed by atoms with E-state index in [9.17, 15) is 0 Å². The fourth-order valence-corrected chi connectivity index (χ4v) is 17.9. The van der Waals surface area contributed by atoms with Crippen LogP contribution in [0.5, 0.6) is 0 Å². The summed E-state index contributed by atoms with van der Waals surface area (Å²) in [5.41, 5.74) is 0. The SMILES string of the molecule is C/C=C\C=C(/C)[PH](CCCCCCCCC[PH](c1ccccc1)(c1ccccc1)c1ccccc1)(C1=CCC(C)C=C1)c1ccccc1. The topological polar surface area (TPSA) is 0 Å². The van der Waals surface area contributed by atoms with E-state index < -0.39 is 14.5 Å². The van der Waals surface area contributed by atoms with Gasteiger partial charge in [0.15, 0.2) is 0 Å². The molecule has 0 spiro atoms. The Morgan fingerprint density at radius 1 is 0.604 bits per heavy atom. The van der Waals surface area contributed by atoms with Gasteiger partial charge in [-0.1, -0.05) is 0 Å². The average Bonchev–Trinajstić information content (AvgIpc) is 3.15. The molecule has 0 bridgehead atoms. The van der Waals surface area contributed by atoms with Crippen LogP contribution in [0.3, 0.4) is 0 Å². The summed E-state index contributed by atoms with van der Waals surface area (Å²) < 4.78 is 0. The van der Waals surface area contributed by atoms with Crippen molar-refractivity contribution in [2.75, 3.05) is 12.3 Å². The molecule has 1 aliphatic rings. The second-order valence-corrected chi connectivity index (χ2v) is 22.2. The summed E-state index contributed by atoms with van der Waals surface area (Å²) in [4.78, 5) is 0. The summed E-state index contributed by atoms with van der Waals surface area (Å²) in [6, 6.07) is 45.7. The molecule has 0 aromatic heterocycles. The van der Waals surface area contributed by atoms with Gasteiger partial charge in [0.2, 0.25) is 0 Å². The fraction of sp³-hybridized carbons (Fsp3) is 0.304. The van der Waals surface area contributed by atoms with Crippen LogP contribution in [-0.4, -0.2) is 12.3 Å². The Balaban J connectivity index is 1.22. The van der Waals surface area contributed by atoms with Gasteiger partial charge in [-0.15, -0.1) is 0 Å². The van der Waals surface area contributed by atoms with Crippen molar-refractivity contribution in [1.82, 2.24) is 0 Å². The van der Waals surface area contributed by atoms with Crippen molar-refractivity contribution in [3.63, 3.8) is 0 Å². The number of allylic oxidation sites excluding steroid dienone is 8. The predicted octanol–water partition coefficient (Wildman–Crippen LogP) is 11.5. The number of hydrogen-bond acceptors (Lipinski definition) is 0. The molecular weight excluding hydrogens is 614 g/mol. The van der Waals surface area contributed by atoms with Crippen molar-refractivity contribution < 1.29 is 0 Å². The van der Waals surface area contributed by atoms with Crippen LogP contribution in [0.2, 0.25) is 0 Å². The quantitative estimate of drug-likeness (QED) is 0.0595. The van der Waals surface area contributed by atoms with E-state index in [4.69, 9.17) is 0 Å². The zero-order valence-corrected chi connectivity index (χ0v) is 31.7. The Hall–Kier alpha value is -3.30. The van der Waals surface area contributed by atoms with Crippen molar-refractivity contribution in [2.24, 2.45) is 5.92 Å². The minimum absolute atomic E-state index is 0.636. The molecule has 1 aliphatic carbocycles. The molecule has 0 saturated carbocycles. The third-order valence-corrected chi connectivity index (χ3v) is 21.0. The molecule has 0 radical (unpaired) electrons. The molecule has 252 valence electrons. The van der Waals surface area contributed by atoms with Crippen LogP contribution in [0.4, 0.5) is 0 Å². The van der Waals surface area contributed by atoms with Gasteiger partial charge in [0.25, 0.3) is 0 Å². The molecule has 1 unspecified atom stereocenters. The average molecular weight is 673 g/mol. The maximum absolute atomic E-state index is 2.58. The van der Waals surface area contributed by atoms with Crippen molar-refractivity contribution in [1.29, 1.82) is 0 Å². The number of hydrogen-bond donors (Lipinski definition) is 0. The molecule has 48 heavy (non-hydrogen) atoms. The van der Waals surface area contributed by atoms with Crippen molar-refractivity contribution in [2.45, 2.75) is 72.1 Å². The molecule has 4 aromatic carbocycles. The van der Waals surface area contributed by atoms with Gasteiger partial charge in [0.1, 0.15) is 0 Å². The number of unbranched alkanes of at least 4 members (excludes halogenated alkanes) is 6. The number of benzene rings is 4. The van der Waals surface area contributed by atoms with Crippen LogP contribution in [0.1, 0.15) is 72.1 Å². The van der Waals surface area contributed by atoms with Gasteiger partial charge in [-0.05, 0) is 0 Å². The van der Waals surface area contributed by atoms with Gasteiger partial charge >= 0.3 is 295 Å². The minimum atomic E-state index is -2.12. The summed E-state index contributed by atoms with van der Waals surface area (Å²) >= 11 is 0. The third-order valence-electron chi connectivity index (χ3n) is 10.7. The summed E-state index contributed by atoms with van der Waals surface area (Å²) in [5.74, 6) is 0.636. The van der Waals surface area contributed by atoms with Gasteiger partial charge in [-0.3, -0.25) is 0 Å². The van der Waals surface area contributed by atoms with E-state index in [-0.39, 0.29) is 0 Å². The zero-order chi connectivity index (χ0) is 33.5. The van der Waals surface area contributed by atoms with Crippen LogP contribution in [0.25, 0.3) is 0 Å². The standard InChI is InChI=1S/C46H58P2/c1-4-5-25-41(3)47(42-26-15-11-16-27-42,46-36-34-40(2)35-37-46)38-23-9-7-6-8-10-24-39-48(43-28-17-12-18-29-43,44-30-19-13-20-31-44)45-32-21-14-22-33-45/h4-5,11-22,25-34,36-37,40,47-48H,6-10,23-24,35,38-39H2,1-3H3/b5-4-,41-25+. The Morgan fingerprint density at radius 3 is 1.48 bits per heavy atom. The Bertz CT molecular complexity index is 1540. The van der Waals surface area contributed by atoms with Gasteiger partial charge in [-0.2, -0.15) is 0 Å². The van der Waals surface area contributed by atoms with E-state index >= 15 is 0 Å². The van der Waals surface area contributed by atoms with E-state index in [2.05, 4.69) is 179 Å². The monoisotopic (exact) mass is 672 g/mol.